The molecule has 0 aliphatic rings. The molecular weight excluding hydrogens is 607 g/mol. The van der Waals surface area contributed by atoms with Gasteiger partial charge in [-0.05, 0) is 50.9 Å². The summed E-state index contributed by atoms with van der Waals surface area (Å²) in [6.45, 7) is 5.62. The zero-order valence-corrected chi connectivity index (χ0v) is 29.4. The Morgan fingerprint density at radius 2 is 1.39 bits per heavy atom. The second-order valence-corrected chi connectivity index (χ2v) is 12.8. The normalized spacial score (nSPS) is 14.7. The third kappa shape index (κ3) is 31.7. The number of phosphoric ester groups is 1. The quantitative estimate of drug-likeness (QED) is 0.0235. The molecule has 46 heavy (non-hydrogen) atoms. The summed E-state index contributed by atoms with van der Waals surface area (Å²) in [6, 6.07) is 0. The maximum atomic E-state index is 12.3. The lowest BCUT2D eigenvalue weighted by Crippen LogP contribution is -2.29. The molecule has 10 heteroatoms. The first-order chi connectivity index (χ1) is 22.1. The van der Waals surface area contributed by atoms with Gasteiger partial charge in [0.1, 0.15) is 6.61 Å². The van der Waals surface area contributed by atoms with E-state index in [4.69, 9.17) is 19.3 Å². The molecule has 0 aliphatic heterocycles. The van der Waals surface area contributed by atoms with E-state index in [1.54, 1.807) is 0 Å². The van der Waals surface area contributed by atoms with Crippen LogP contribution in [0.3, 0.4) is 0 Å². The average Bonchev–Trinajstić information content (AvgIpc) is 3.02. The summed E-state index contributed by atoms with van der Waals surface area (Å²) >= 11 is 0. The van der Waals surface area contributed by atoms with Gasteiger partial charge in [-0.1, -0.05) is 126 Å². The molecule has 0 aliphatic carbocycles. The lowest BCUT2D eigenvalue weighted by Gasteiger charge is -2.18. The molecule has 0 bridgehead atoms. The highest BCUT2D eigenvalue weighted by atomic mass is 31.2. The number of hydrogen-bond acceptors (Lipinski definition) is 7. The molecule has 2 unspecified atom stereocenters. The van der Waals surface area contributed by atoms with Crippen LogP contribution in [0.1, 0.15) is 124 Å². The molecule has 0 saturated carbocycles. The van der Waals surface area contributed by atoms with Crippen molar-refractivity contribution in [3.63, 3.8) is 0 Å². The minimum Gasteiger partial charge on any atom is -0.462 e. The number of phosphoric acid groups is 1. The summed E-state index contributed by atoms with van der Waals surface area (Å²) in [5.74, 6) is -0.219. The van der Waals surface area contributed by atoms with Crippen LogP contribution in [0.2, 0.25) is 0 Å². The van der Waals surface area contributed by atoms with Gasteiger partial charge in [-0.2, -0.15) is 0 Å². The first-order valence-electron chi connectivity index (χ1n) is 17.1. The Hall–Kier alpha value is -2.29. The van der Waals surface area contributed by atoms with Crippen molar-refractivity contribution in [1.82, 2.24) is 0 Å². The Morgan fingerprint density at radius 1 is 0.761 bits per heavy atom. The predicted octanol–water partition coefficient (Wildman–Crippen LogP) is 8.61. The monoisotopic (exact) mass is 668 g/mol. The molecule has 0 spiro atoms. The van der Waals surface area contributed by atoms with Crippen LogP contribution in [-0.4, -0.2) is 52.3 Å². The lowest BCUT2D eigenvalue weighted by atomic mass is 10.00. The van der Waals surface area contributed by atoms with Gasteiger partial charge in [0.05, 0.1) is 12.7 Å². The molecule has 0 aromatic heterocycles. The van der Waals surface area contributed by atoms with E-state index >= 15 is 0 Å². The summed E-state index contributed by atoms with van der Waals surface area (Å²) in [5.41, 5.74) is 0. The first-order valence-corrected chi connectivity index (χ1v) is 18.6. The molecule has 264 valence electrons. The van der Waals surface area contributed by atoms with Gasteiger partial charge in [0.25, 0.3) is 0 Å². The molecule has 9 nitrogen and oxygen atoms in total. The van der Waals surface area contributed by atoms with Gasteiger partial charge in [0, 0.05) is 12.8 Å². The van der Waals surface area contributed by atoms with Crippen molar-refractivity contribution in [2.45, 2.75) is 136 Å². The smallest absolute Gasteiger partial charge is 0.462 e. The fraction of sp³-hybridized carbons (Fsp3) is 0.667. The molecule has 0 amide bonds. The van der Waals surface area contributed by atoms with E-state index in [0.717, 1.165) is 44.4 Å². The van der Waals surface area contributed by atoms with E-state index < -0.39 is 38.6 Å². The maximum Gasteiger partial charge on any atom is 0.469 e. The Kier molecular flexibility index (Phi) is 28.6. The summed E-state index contributed by atoms with van der Waals surface area (Å²) in [7, 11) is -4.77. The fourth-order valence-electron chi connectivity index (χ4n) is 4.23. The van der Waals surface area contributed by atoms with Crippen molar-refractivity contribution in [2.75, 3.05) is 13.2 Å². The van der Waals surface area contributed by atoms with Gasteiger partial charge in [-0.25, -0.2) is 4.57 Å². The highest BCUT2D eigenvalue weighted by Gasteiger charge is 2.22. The molecule has 3 atom stereocenters. The third-order valence-electron chi connectivity index (χ3n) is 7.17. The topological polar surface area (TPSA) is 140 Å². The number of rotatable bonds is 29. The van der Waals surface area contributed by atoms with Gasteiger partial charge >= 0.3 is 19.8 Å². The van der Waals surface area contributed by atoms with E-state index in [0.29, 0.717) is 25.7 Å². The molecule has 0 fully saturated rings. The molecule has 0 aromatic rings. The summed E-state index contributed by atoms with van der Waals surface area (Å²) in [5, 5.41) is 9.71. The van der Waals surface area contributed by atoms with Crippen molar-refractivity contribution in [3.8, 4) is 0 Å². The number of hydrogen-bond donors (Lipinski definition) is 3. The van der Waals surface area contributed by atoms with Crippen LogP contribution in [0.4, 0.5) is 0 Å². The van der Waals surface area contributed by atoms with Gasteiger partial charge in [0.2, 0.25) is 0 Å². The maximum absolute atomic E-state index is 12.3. The van der Waals surface area contributed by atoms with Gasteiger partial charge in [-0.15, -0.1) is 0 Å². The average molecular weight is 669 g/mol. The van der Waals surface area contributed by atoms with E-state index in [-0.39, 0.29) is 19.4 Å². The number of aliphatic hydroxyl groups is 1. The molecule has 3 N–H and O–H groups in total. The number of unbranched alkanes of at least 4 members (excludes halogenated alkanes) is 6. The van der Waals surface area contributed by atoms with Crippen LogP contribution >= 0.6 is 7.82 Å². The van der Waals surface area contributed by atoms with E-state index in [2.05, 4.69) is 30.5 Å². The lowest BCUT2D eigenvalue weighted by molar-refractivity contribution is -0.161. The summed E-state index contributed by atoms with van der Waals surface area (Å²) < 4.78 is 26.1. The largest absolute Gasteiger partial charge is 0.469 e. The van der Waals surface area contributed by atoms with E-state index in [1.165, 1.54) is 25.7 Å². The standard InChI is InChI=1S/C36H61O9P/c1-4-6-26-33(37)27-22-18-13-11-9-7-8-10-12-14-19-23-28-35(38)43-30-34(31-44-46(40,41)42)45-36(39)29-24-20-16-15-17-21-25-32(3)5-2/h6-8,11-14,18,22,26,32-34,37H,4-5,9-10,15-17,19-21,23-25,27-31H2,1-3H3,(H2,40,41,42)/b8-7-,13-11-,14-12-,22-18+,26-6-/t32?,33?,34-/m1/s1. The highest BCUT2D eigenvalue weighted by molar-refractivity contribution is 7.46. The minimum atomic E-state index is -4.77. The van der Waals surface area contributed by atoms with Crippen LogP contribution in [0, 0.1) is 5.92 Å². The molecule has 0 saturated heterocycles. The van der Waals surface area contributed by atoms with Crippen molar-refractivity contribution in [1.29, 1.82) is 0 Å². The number of allylic oxidation sites excluding steroid dienone is 8. The van der Waals surface area contributed by atoms with Crippen LogP contribution in [0.15, 0.2) is 60.8 Å². The van der Waals surface area contributed by atoms with Gasteiger partial charge in [-0.3, -0.25) is 14.1 Å². The summed E-state index contributed by atoms with van der Waals surface area (Å²) in [6.07, 6.45) is 31.7. The van der Waals surface area contributed by atoms with Crippen molar-refractivity contribution < 1.29 is 43.0 Å². The van der Waals surface area contributed by atoms with E-state index in [9.17, 15) is 19.3 Å². The highest BCUT2D eigenvalue weighted by Crippen LogP contribution is 2.35. The second kappa shape index (κ2) is 30.1. The number of esters is 2. The Labute approximate surface area is 278 Å². The molecule has 0 radical (unpaired) electrons. The Bertz CT molecular complexity index is 965. The first kappa shape index (κ1) is 43.7. The zero-order chi connectivity index (χ0) is 34.3. The number of carbonyl (C=O) groups excluding carboxylic acids is 2. The molecular formula is C36H61O9P. The molecule has 0 heterocycles. The fourth-order valence-corrected chi connectivity index (χ4v) is 4.59. The van der Waals surface area contributed by atoms with Crippen molar-refractivity contribution in [3.05, 3.63) is 60.8 Å². The van der Waals surface area contributed by atoms with Crippen LogP contribution in [-0.2, 0) is 28.2 Å². The zero-order valence-electron chi connectivity index (χ0n) is 28.5. The second-order valence-electron chi connectivity index (χ2n) is 11.6. The van der Waals surface area contributed by atoms with Crippen molar-refractivity contribution >= 4 is 19.8 Å². The van der Waals surface area contributed by atoms with Crippen molar-refractivity contribution in [2.24, 2.45) is 5.92 Å². The molecule has 0 rings (SSSR count). The number of aliphatic hydroxyl groups excluding tert-OH is 1. The van der Waals surface area contributed by atoms with Crippen LogP contribution in [0.5, 0.6) is 0 Å². The van der Waals surface area contributed by atoms with Crippen LogP contribution < -0.4 is 0 Å². The van der Waals surface area contributed by atoms with Gasteiger partial charge in [0.15, 0.2) is 6.10 Å². The van der Waals surface area contributed by atoms with Crippen LogP contribution in [0.25, 0.3) is 0 Å². The predicted molar refractivity (Wildman–Crippen MR) is 185 cm³/mol. The number of ether oxygens (including phenoxy) is 2. The Morgan fingerprint density at radius 3 is 2.09 bits per heavy atom. The summed E-state index contributed by atoms with van der Waals surface area (Å²) in [4.78, 5) is 42.5. The Balaban J connectivity index is 4.18. The van der Waals surface area contributed by atoms with Gasteiger partial charge < -0.3 is 24.4 Å². The minimum absolute atomic E-state index is 0.168. The SMILES string of the molecule is CC/C=C\C(O)C/C=C/C=C\C/C=C\C/C=C\CCCC(=O)OC[C@H](COP(=O)(O)O)OC(=O)CCCCCCCCC(C)CC. The number of carbonyl (C=O) groups is 2. The third-order valence-corrected chi connectivity index (χ3v) is 7.65. The molecule has 0 aromatic carbocycles. The van der Waals surface area contributed by atoms with E-state index in [1.807, 2.05) is 55.5 Å².